The molecule has 1 saturated heterocycles. The van der Waals surface area contributed by atoms with Gasteiger partial charge in [-0.05, 0) is 49.7 Å². The average Bonchev–Trinajstić information content (AvgIpc) is 3.02. The van der Waals surface area contributed by atoms with Gasteiger partial charge in [-0.1, -0.05) is 61.0 Å². The number of rotatable bonds is 11. The van der Waals surface area contributed by atoms with Crippen molar-refractivity contribution in [1.82, 2.24) is 20.5 Å². The maximum absolute atomic E-state index is 13.6. The van der Waals surface area contributed by atoms with E-state index in [1.165, 1.54) is 4.90 Å². The van der Waals surface area contributed by atoms with Gasteiger partial charge in [0.25, 0.3) is 11.8 Å². The van der Waals surface area contributed by atoms with Crippen molar-refractivity contribution in [2.45, 2.75) is 19.3 Å². The number of hydrazine groups is 1. The van der Waals surface area contributed by atoms with E-state index in [9.17, 15) is 14.4 Å². The Balaban J connectivity index is 1.42. The molecule has 9 heteroatoms. The maximum atomic E-state index is 13.6. The zero-order valence-electron chi connectivity index (χ0n) is 23.8. The van der Waals surface area contributed by atoms with E-state index in [2.05, 4.69) is 15.6 Å². The van der Waals surface area contributed by atoms with Crippen LogP contribution in [-0.4, -0.2) is 81.2 Å². The highest BCUT2D eigenvalue weighted by atomic mass is 16.6. The second-order valence-electron chi connectivity index (χ2n) is 9.99. The van der Waals surface area contributed by atoms with Gasteiger partial charge in [0.2, 0.25) is 0 Å². The highest BCUT2D eigenvalue weighted by molar-refractivity contribution is 5.99. The number of para-hydroxylation sites is 1. The number of ether oxygens (including phenoxy) is 1. The first kappa shape index (κ1) is 29.8. The van der Waals surface area contributed by atoms with Crippen molar-refractivity contribution < 1.29 is 19.1 Å². The molecule has 4 rings (SSSR count). The smallest absolute Gasteiger partial charge is 0.429 e. The van der Waals surface area contributed by atoms with E-state index in [1.807, 2.05) is 61.6 Å². The normalized spacial score (nSPS) is 13.3. The second kappa shape index (κ2) is 15.0. The number of hydrogen-bond acceptors (Lipinski definition) is 6. The number of nitrogens with one attached hydrogen (secondary N) is 2. The third-order valence-corrected chi connectivity index (χ3v) is 7.04. The Kier molecular flexibility index (Phi) is 10.9. The molecule has 41 heavy (non-hydrogen) atoms. The monoisotopic (exact) mass is 557 g/mol. The van der Waals surface area contributed by atoms with Gasteiger partial charge in [-0.2, -0.15) is 0 Å². The Hall–Kier alpha value is -4.21. The Morgan fingerprint density at radius 2 is 1.56 bits per heavy atom. The second-order valence-corrected chi connectivity index (χ2v) is 9.99. The lowest BCUT2D eigenvalue weighted by Crippen LogP contribution is -2.50. The number of carbonyl (C=O) groups excluding carboxylic acids is 3. The maximum Gasteiger partial charge on any atom is 0.429 e. The molecule has 3 aromatic carbocycles. The van der Waals surface area contributed by atoms with Crippen LogP contribution in [0.4, 0.5) is 10.5 Å². The van der Waals surface area contributed by atoms with Crippen LogP contribution in [0.1, 0.15) is 40.0 Å². The molecule has 0 radical (unpaired) electrons. The third-order valence-electron chi connectivity index (χ3n) is 7.04. The van der Waals surface area contributed by atoms with Gasteiger partial charge in [-0.25, -0.2) is 14.8 Å². The summed E-state index contributed by atoms with van der Waals surface area (Å²) in [6.07, 6.45) is 2.66. The zero-order valence-corrected chi connectivity index (χ0v) is 23.8. The van der Waals surface area contributed by atoms with Crippen molar-refractivity contribution in [3.05, 3.63) is 90.0 Å². The van der Waals surface area contributed by atoms with Crippen molar-refractivity contribution in [3.8, 4) is 11.1 Å². The minimum absolute atomic E-state index is 0.0309. The molecule has 0 unspecified atom stereocenters. The van der Waals surface area contributed by atoms with Crippen LogP contribution in [0.5, 0.6) is 0 Å². The highest BCUT2D eigenvalue weighted by Crippen LogP contribution is 2.33. The van der Waals surface area contributed by atoms with Crippen LogP contribution in [0.25, 0.3) is 11.1 Å². The lowest BCUT2D eigenvalue weighted by molar-refractivity contribution is 0.0733. The summed E-state index contributed by atoms with van der Waals surface area (Å²) in [5, 5.41) is 9.49. The molecular weight excluding hydrogens is 518 g/mol. The predicted octanol–water partition coefficient (Wildman–Crippen LogP) is 4.42. The Labute approximate surface area is 242 Å². The summed E-state index contributed by atoms with van der Waals surface area (Å²) in [7, 11) is 3.47. The molecule has 1 aliphatic heterocycles. The fourth-order valence-corrected chi connectivity index (χ4v) is 4.81. The Morgan fingerprint density at radius 1 is 0.854 bits per heavy atom. The number of benzene rings is 3. The first-order valence-electron chi connectivity index (χ1n) is 14.1. The van der Waals surface area contributed by atoms with Crippen LogP contribution in [0.15, 0.2) is 78.9 Å². The van der Waals surface area contributed by atoms with E-state index in [1.54, 1.807) is 36.3 Å². The lowest BCUT2D eigenvalue weighted by atomic mass is 10.0. The van der Waals surface area contributed by atoms with Gasteiger partial charge in [0, 0.05) is 49.9 Å². The summed E-state index contributed by atoms with van der Waals surface area (Å²) in [5.74, 6) is -0.492. The molecule has 0 bridgehead atoms. The van der Waals surface area contributed by atoms with Crippen LogP contribution in [0, 0.1) is 0 Å². The molecule has 1 aliphatic rings. The van der Waals surface area contributed by atoms with Crippen molar-refractivity contribution in [1.29, 1.82) is 0 Å². The molecule has 2 N–H and O–H groups in total. The summed E-state index contributed by atoms with van der Waals surface area (Å²) < 4.78 is 5.76. The fourth-order valence-electron chi connectivity index (χ4n) is 4.81. The molecule has 9 nitrogen and oxygen atoms in total. The van der Waals surface area contributed by atoms with Gasteiger partial charge < -0.3 is 20.3 Å². The molecule has 216 valence electrons. The van der Waals surface area contributed by atoms with Crippen LogP contribution in [0.2, 0.25) is 0 Å². The van der Waals surface area contributed by atoms with Crippen molar-refractivity contribution >= 4 is 23.6 Å². The van der Waals surface area contributed by atoms with E-state index in [-0.39, 0.29) is 25.0 Å². The van der Waals surface area contributed by atoms with Gasteiger partial charge >= 0.3 is 6.09 Å². The summed E-state index contributed by atoms with van der Waals surface area (Å²) in [6.45, 7) is 2.90. The third kappa shape index (κ3) is 7.93. The van der Waals surface area contributed by atoms with Crippen molar-refractivity contribution in [3.63, 3.8) is 0 Å². The number of piperidine rings is 1. The van der Waals surface area contributed by atoms with Crippen LogP contribution >= 0.6 is 0 Å². The average molecular weight is 558 g/mol. The van der Waals surface area contributed by atoms with Gasteiger partial charge in [-0.3, -0.25) is 9.59 Å². The van der Waals surface area contributed by atoms with Gasteiger partial charge in [0.1, 0.15) is 6.61 Å². The van der Waals surface area contributed by atoms with Crippen molar-refractivity contribution in [2.24, 2.45) is 0 Å². The van der Waals surface area contributed by atoms with Gasteiger partial charge in [0.15, 0.2) is 0 Å². The zero-order chi connectivity index (χ0) is 29.0. The molecule has 0 aliphatic carbocycles. The summed E-state index contributed by atoms with van der Waals surface area (Å²) in [4.78, 5) is 40.6. The molecule has 0 saturated carbocycles. The number of nitrogens with zero attached hydrogens (tertiary/aromatic N) is 3. The number of anilines is 1. The quantitative estimate of drug-likeness (QED) is 0.339. The summed E-state index contributed by atoms with van der Waals surface area (Å²) >= 11 is 0. The molecule has 3 aromatic rings. The van der Waals surface area contributed by atoms with Gasteiger partial charge in [-0.15, -0.1) is 0 Å². The minimum Gasteiger partial charge on any atom is -0.446 e. The summed E-state index contributed by atoms with van der Waals surface area (Å²) in [6, 6.07) is 24.4. The lowest BCUT2D eigenvalue weighted by Gasteiger charge is -2.37. The van der Waals surface area contributed by atoms with Gasteiger partial charge in [0.05, 0.1) is 12.2 Å². The van der Waals surface area contributed by atoms with E-state index < -0.39 is 6.09 Å². The Bertz CT molecular complexity index is 1310. The molecule has 0 spiro atoms. The topological polar surface area (TPSA) is 94.2 Å². The first-order valence-corrected chi connectivity index (χ1v) is 14.1. The number of hydrogen-bond donors (Lipinski definition) is 2. The van der Waals surface area contributed by atoms with E-state index >= 15 is 0 Å². The van der Waals surface area contributed by atoms with Crippen LogP contribution < -0.4 is 15.6 Å². The minimum atomic E-state index is -0.476. The van der Waals surface area contributed by atoms with Crippen molar-refractivity contribution in [2.75, 3.05) is 58.4 Å². The molecule has 0 atom stereocenters. The van der Waals surface area contributed by atoms with Crippen LogP contribution in [0.3, 0.4) is 0 Å². The van der Waals surface area contributed by atoms with E-state index in [4.69, 9.17) is 4.74 Å². The standard InChI is InChI=1S/C32H39N5O4/c1-33-18-19-34-30(38)26-14-11-15-27(24-26)31(39)35(2)22-23-41-32(40)37(36-20-9-4-10-21-36)29-17-8-7-16-28(29)25-12-5-3-6-13-25/h3,5-8,11-17,24,33H,4,9-10,18-23H2,1-2H3,(H,34,38). The number of carbonyl (C=O) groups is 3. The molecule has 3 amide bonds. The first-order chi connectivity index (χ1) is 20.0. The molecule has 1 heterocycles. The van der Waals surface area contributed by atoms with Crippen LogP contribution in [-0.2, 0) is 4.74 Å². The number of likely N-dealkylation sites (N-methyl/N-ethyl adjacent to an activating group) is 2. The highest BCUT2D eigenvalue weighted by Gasteiger charge is 2.28. The summed E-state index contributed by atoms with van der Waals surface area (Å²) in [5.41, 5.74) is 3.53. The SMILES string of the molecule is CNCCNC(=O)c1cccc(C(=O)N(C)CCOC(=O)N(c2ccccc2-c2ccccc2)N2CCCCC2)c1. The van der Waals surface area contributed by atoms with E-state index in [0.29, 0.717) is 24.2 Å². The predicted molar refractivity (Wildman–Crippen MR) is 161 cm³/mol. The Morgan fingerprint density at radius 3 is 2.32 bits per heavy atom. The van der Waals surface area contributed by atoms with E-state index in [0.717, 1.165) is 49.2 Å². The molecule has 0 aromatic heterocycles. The molecular formula is C32H39N5O4. The largest absolute Gasteiger partial charge is 0.446 e. The molecule has 1 fully saturated rings. The fraction of sp³-hybridized carbons (Fsp3) is 0.344. The number of amides is 3.